The lowest BCUT2D eigenvalue weighted by molar-refractivity contribution is -0.137. The van der Waals surface area contributed by atoms with Gasteiger partial charge in [-0.2, -0.15) is 22.9 Å². The van der Waals surface area contributed by atoms with Crippen LogP contribution in [0, 0.1) is 0 Å². The second kappa shape index (κ2) is 13.1. The fourth-order valence-electron chi connectivity index (χ4n) is 4.42. The van der Waals surface area contributed by atoms with Crippen molar-refractivity contribution >= 4 is 50.6 Å². The van der Waals surface area contributed by atoms with E-state index in [4.69, 9.17) is 21.1 Å². The van der Waals surface area contributed by atoms with Gasteiger partial charge < -0.3 is 14.6 Å². The van der Waals surface area contributed by atoms with Crippen LogP contribution in [0.3, 0.4) is 0 Å². The molecule has 5 aromatic rings. The zero-order chi connectivity index (χ0) is 32.3. The summed E-state index contributed by atoms with van der Waals surface area (Å²) >= 11 is 10.1. The van der Waals surface area contributed by atoms with Gasteiger partial charge in [0, 0.05) is 15.6 Å². The Balaban J connectivity index is 1.58. The number of rotatable bonds is 9. The van der Waals surface area contributed by atoms with Gasteiger partial charge in [0.05, 0.1) is 34.9 Å². The topological polar surface area (TPSA) is 103 Å². The van der Waals surface area contributed by atoms with Crippen molar-refractivity contribution in [1.82, 2.24) is 9.66 Å². The molecule has 13 heteroatoms. The number of carboxylic acids is 1. The molecule has 0 bridgehead atoms. The lowest BCUT2D eigenvalue weighted by Gasteiger charge is -2.16. The van der Waals surface area contributed by atoms with Gasteiger partial charge in [-0.25, -0.2) is 9.78 Å². The molecule has 230 valence electrons. The number of carboxylic acid groups (broad SMARTS) is 1. The van der Waals surface area contributed by atoms with Crippen molar-refractivity contribution in [2.75, 3.05) is 6.61 Å². The Morgan fingerprint density at radius 3 is 2.56 bits per heavy atom. The Morgan fingerprint density at radius 2 is 1.82 bits per heavy atom. The van der Waals surface area contributed by atoms with E-state index in [0.717, 1.165) is 16.8 Å². The molecular weight excluding hydrogens is 679 g/mol. The minimum absolute atomic E-state index is 0.0146. The molecule has 5 rings (SSSR count). The first kappa shape index (κ1) is 31.7. The third-order valence-electron chi connectivity index (χ3n) is 6.53. The second-order valence-corrected chi connectivity index (χ2v) is 10.7. The quantitative estimate of drug-likeness (QED) is 0.156. The fraction of sp³-hybridized carbons (Fsp3) is 0.125. The first-order chi connectivity index (χ1) is 21.5. The number of halogens is 5. The number of benzene rings is 4. The number of ether oxygens (including phenoxy) is 2. The van der Waals surface area contributed by atoms with E-state index in [1.807, 2.05) is 0 Å². The highest BCUT2D eigenvalue weighted by atomic mass is 79.9. The summed E-state index contributed by atoms with van der Waals surface area (Å²) in [7, 11) is 0. The zero-order valence-electron chi connectivity index (χ0n) is 23.3. The van der Waals surface area contributed by atoms with Gasteiger partial charge in [0.1, 0.15) is 11.6 Å². The molecule has 0 fully saturated rings. The number of para-hydroxylation sites is 1. The van der Waals surface area contributed by atoms with E-state index in [1.165, 1.54) is 30.5 Å². The van der Waals surface area contributed by atoms with Crippen LogP contribution in [0.2, 0.25) is 5.02 Å². The summed E-state index contributed by atoms with van der Waals surface area (Å²) in [6.45, 7) is 1.98. The van der Waals surface area contributed by atoms with E-state index in [1.54, 1.807) is 49.4 Å². The van der Waals surface area contributed by atoms with Crippen molar-refractivity contribution in [1.29, 1.82) is 0 Å². The standard InChI is InChI=1S/C32H22BrClF3N3O5/c1-2-44-25-15-21(26(33)27(34)28(25)45-17-18-7-5-9-20(13-18)31(42)43)16-38-40-29(19-8-6-10-22(14-19)32(35,36)37)39-24-12-4-3-11-23(24)30(40)41/h3-16H,2,17H2,1H3,(H,42,43). The summed E-state index contributed by atoms with van der Waals surface area (Å²) in [6, 6.07) is 18.7. The molecule has 1 heterocycles. The minimum Gasteiger partial charge on any atom is -0.490 e. The number of carbonyl (C=O) groups is 1. The SMILES string of the molecule is CCOc1cc(C=Nn2c(-c3cccc(C(F)(F)F)c3)nc3ccccc3c2=O)c(Br)c(Cl)c1OCc1cccc(C(=O)O)c1. The average Bonchev–Trinajstić information content (AvgIpc) is 3.02. The highest BCUT2D eigenvalue weighted by Gasteiger charge is 2.31. The van der Waals surface area contributed by atoms with Crippen molar-refractivity contribution < 1.29 is 32.5 Å². The van der Waals surface area contributed by atoms with E-state index < -0.39 is 23.3 Å². The maximum atomic E-state index is 13.6. The van der Waals surface area contributed by atoms with Crippen molar-refractivity contribution in [2.45, 2.75) is 19.7 Å². The molecule has 0 aliphatic carbocycles. The zero-order valence-corrected chi connectivity index (χ0v) is 25.7. The van der Waals surface area contributed by atoms with Crippen LogP contribution in [0.5, 0.6) is 11.5 Å². The van der Waals surface area contributed by atoms with Crippen molar-refractivity contribution in [3.05, 3.63) is 121 Å². The number of aromatic carboxylic acids is 1. The Morgan fingerprint density at radius 1 is 1.07 bits per heavy atom. The van der Waals surface area contributed by atoms with E-state index >= 15 is 0 Å². The number of hydrogen-bond acceptors (Lipinski definition) is 6. The van der Waals surface area contributed by atoms with Crippen LogP contribution in [-0.4, -0.2) is 33.6 Å². The molecule has 0 aliphatic rings. The summed E-state index contributed by atoms with van der Waals surface area (Å²) in [6.07, 6.45) is -3.31. The van der Waals surface area contributed by atoms with Crippen LogP contribution >= 0.6 is 27.5 Å². The van der Waals surface area contributed by atoms with E-state index in [-0.39, 0.29) is 52.1 Å². The Hall–Kier alpha value is -4.68. The number of hydrogen-bond donors (Lipinski definition) is 1. The monoisotopic (exact) mass is 699 g/mol. The average molecular weight is 701 g/mol. The van der Waals surface area contributed by atoms with Gasteiger partial charge in [-0.3, -0.25) is 4.79 Å². The predicted molar refractivity (Wildman–Crippen MR) is 167 cm³/mol. The summed E-state index contributed by atoms with van der Waals surface area (Å²) < 4.78 is 53.5. The highest BCUT2D eigenvalue weighted by Crippen LogP contribution is 2.43. The highest BCUT2D eigenvalue weighted by molar-refractivity contribution is 9.10. The third kappa shape index (κ3) is 6.86. The van der Waals surface area contributed by atoms with Crippen LogP contribution < -0.4 is 15.0 Å². The summed E-state index contributed by atoms with van der Waals surface area (Å²) in [5.74, 6) is -0.758. The van der Waals surface area contributed by atoms with E-state index in [0.29, 0.717) is 21.1 Å². The number of alkyl halides is 3. The van der Waals surface area contributed by atoms with Gasteiger partial charge in [-0.15, -0.1) is 0 Å². The Kier molecular flexibility index (Phi) is 9.26. The lowest BCUT2D eigenvalue weighted by atomic mass is 10.1. The molecule has 0 radical (unpaired) electrons. The Bertz CT molecular complexity index is 2010. The minimum atomic E-state index is -4.61. The lowest BCUT2D eigenvalue weighted by Crippen LogP contribution is -2.20. The molecule has 1 N–H and O–H groups in total. The third-order valence-corrected chi connectivity index (χ3v) is 7.97. The largest absolute Gasteiger partial charge is 0.490 e. The summed E-state index contributed by atoms with van der Waals surface area (Å²) in [5, 5.41) is 13.9. The molecule has 8 nitrogen and oxygen atoms in total. The first-order valence-corrected chi connectivity index (χ1v) is 14.5. The van der Waals surface area contributed by atoms with Gasteiger partial charge in [-0.05, 0) is 70.9 Å². The normalized spacial score (nSPS) is 11.7. The smallest absolute Gasteiger partial charge is 0.416 e. The molecule has 0 atom stereocenters. The van der Waals surface area contributed by atoms with Gasteiger partial charge >= 0.3 is 12.1 Å². The molecule has 0 saturated heterocycles. The number of nitrogens with zero attached hydrogens (tertiary/aromatic N) is 3. The molecule has 45 heavy (non-hydrogen) atoms. The first-order valence-electron chi connectivity index (χ1n) is 13.3. The van der Waals surface area contributed by atoms with Crippen molar-refractivity contribution in [3.63, 3.8) is 0 Å². The number of aromatic nitrogens is 2. The maximum absolute atomic E-state index is 13.6. The Labute approximate surface area is 267 Å². The maximum Gasteiger partial charge on any atom is 0.416 e. The van der Waals surface area contributed by atoms with Crippen LogP contribution in [0.1, 0.15) is 34.0 Å². The molecule has 4 aromatic carbocycles. The van der Waals surface area contributed by atoms with Crippen molar-refractivity contribution in [3.8, 4) is 22.9 Å². The van der Waals surface area contributed by atoms with Gasteiger partial charge in [-0.1, -0.05) is 48.0 Å². The molecule has 0 aliphatic heterocycles. The van der Waals surface area contributed by atoms with Crippen LogP contribution in [-0.2, 0) is 12.8 Å². The van der Waals surface area contributed by atoms with Gasteiger partial charge in [0.25, 0.3) is 5.56 Å². The molecule has 1 aromatic heterocycles. The fourth-order valence-corrected chi connectivity index (χ4v) is 5.07. The van der Waals surface area contributed by atoms with Crippen LogP contribution in [0.4, 0.5) is 13.2 Å². The predicted octanol–water partition coefficient (Wildman–Crippen LogP) is 8.06. The molecule has 0 amide bonds. The van der Waals surface area contributed by atoms with Gasteiger partial charge in [0.15, 0.2) is 17.3 Å². The van der Waals surface area contributed by atoms with Crippen molar-refractivity contribution in [2.24, 2.45) is 5.10 Å². The van der Waals surface area contributed by atoms with E-state index in [9.17, 15) is 27.9 Å². The van der Waals surface area contributed by atoms with Gasteiger partial charge in [0.2, 0.25) is 0 Å². The molecule has 0 unspecified atom stereocenters. The summed E-state index contributed by atoms with van der Waals surface area (Å²) in [5.41, 5.74) is -0.131. The molecule has 0 spiro atoms. The molecule has 0 saturated carbocycles. The van der Waals surface area contributed by atoms with Crippen LogP contribution in [0.15, 0.2) is 93.2 Å². The number of fused-ring (bicyclic) bond motifs is 1. The molecular formula is C32H22BrClF3N3O5. The second-order valence-electron chi connectivity index (χ2n) is 9.54. The van der Waals surface area contributed by atoms with Crippen LogP contribution in [0.25, 0.3) is 22.3 Å². The van der Waals surface area contributed by atoms with E-state index in [2.05, 4.69) is 26.0 Å². The summed E-state index contributed by atoms with van der Waals surface area (Å²) in [4.78, 5) is 29.4.